The first-order chi connectivity index (χ1) is 9.15. The molecule has 1 aromatic heterocycles. The van der Waals surface area contributed by atoms with E-state index in [1.54, 1.807) is 31.4 Å². The summed E-state index contributed by atoms with van der Waals surface area (Å²) >= 11 is 0. The lowest BCUT2D eigenvalue weighted by molar-refractivity contribution is 0.100. The van der Waals surface area contributed by atoms with Gasteiger partial charge in [-0.2, -0.15) is 5.26 Å². The number of ketones is 1. The molecule has 0 atom stereocenters. The maximum Gasteiger partial charge on any atom is 0.176 e. The third-order valence-corrected chi connectivity index (χ3v) is 2.94. The van der Waals surface area contributed by atoms with Crippen molar-refractivity contribution in [1.82, 2.24) is 4.57 Å². The van der Waals surface area contributed by atoms with Gasteiger partial charge >= 0.3 is 0 Å². The molecule has 2 aromatic rings. The van der Waals surface area contributed by atoms with E-state index in [9.17, 15) is 4.79 Å². The van der Waals surface area contributed by atoms with Crippen LogP contribution in [0.25, 0.3) is 0 Å². The van der Waals surface area contributed by atoms with E-state index < -0.39 is 0 Å². The lowest BCUT2D eigenvalue weighted by atomic mass is 10.1. The number of ether oxygens (including phenoxy) is 1. The number of methoxy groups -OCH3 is 1. The molecule has 0 fully saturated rings. The zero-order valence-electron chi connectivity index (χ0n) is 10.9. The van der Waals surface area contributed by atoms with Crippen LogP contribution in [0.15, 0.2) is 36.5 Å². The third kappa shape index (κ3) is 2.66. The van der Waals surface area contributed by atoms with Crippen LogP contribution in [-0.2, 0) is 6.54 Å². The SMILES string of the molecule is COc1ccc(C#N)cc1Cn1cccc1C(C)=O. The zero-order valence-corrected chi connectivity index (χ0v) is 10.9. The molecule has 1 heterocycles. The maximum atomic E-state index is 11.5. The van der Waals surface area contributed by atoms with Crippen molar-refractivity contribution in [2.45, 2.75) is 13.5 Å². The fourth-order valence-electron chi connectivity index (χ4n) is 2.03. The molecular weight excluding hydrogens is 240 g/mol. The molecule has 0 aliphatic heterocycles. The fourth-order valence-corrected chi connectivity index (χ4v) is 2.03. The summed E-state index contributed by atoms with van der Waals surface area (Å²) in [6, 6.07) is 11.0. The second-order valence-corrected chi connectivity index (χ2v) is 4.22. The van der Waals surface area contributed by atoms with Gasteiger partial charge in [0, 0.05) is 18.7 Å². The molecule has 4 nitrogen and oxygen atoms in total. The van der Waals surface area contributed by atoms with Crippen LogP contribution in [0.1, 0.15) is 28.5 Å². The lowest BCUT2D eigenvalue weighted by Crippen LogP contribution is -2.07. The predicted molar refractivity (Wildman–Crippen MR) is 71.2 cm³/mol. The van der Waals surface area contributed by atoms with Crippen LogP contribution in [0.3, 0.4) is 0 Å². The van der Waals surface area contributed by atoms with Crippen molar-refractivity contribution in [3.8, 4) is 11.8 Å². The largest absolute Gasteiger partial charge is 0.496 e. The third-order valence-electron chi connectivity index (χ3n) is 2.94. The van der Waals surface area contributed by atoms with E-state index in [0.717, 1.165) is 5.56 Å². The number of hydrogen-bond donors (Lipinski definition) is 0. The molecule has 19 heavy (non-hydrogen) atoms. The van der Waals surface area contributed by atoms with Crippen LogP contribution in [0, 0.1) is 11.3 Å². The highest BCUT2D eigenvalue weighted by Crippen LogP contribution is 2.21. The average Bonchev–Trinajstić information content (AvgIpc) is 2.87. The molecule has 0 saturated carbocycles. The van der Waals surface area contributed by atoms with Crippen molar-refractivity contribution in [3.63, 3.8) is 0 Å². The molecule has 1 aromatic carbocycles. The number of Topliss-reactive ketones (excluding diaryl/α,β-unsaturated/α-hetero) is 1. The van der Waals surface area contributed by atoms with Gasteiger partial charge in [0.1, 0.15) is 5.75 Å². The summed E-state index contributed by atoms with van der Waals surface area (Å²) in [5.74, 6) is 0.725. The summed E-state index contributed by atoms with van der Waals surface area (Å²) in [5, 5.41) is 8.94. The van der Waals surface area contributed by atoms with Gasteiger partial charge in [0.25, 0.3) is 0 Å². The molecule has 0 amide bonds. The zero-order chi connectivity index (χ0) is 13.8. The molecule has 0 radical (unpaired) electrons. The van der Waals surface area contributed by atoms with Gasteiger partial charge in [0.05, 0.1) is 31.0 Å². The first-order valence-corrected chi connectivity index (χ1v) is 5.89. The summed E-state index contributed by atoms with van der Waals surface area (Å²) in [5.41, 5.74) is 2.09. The number of nitriles is 1. The molecule has 0 aliphatic carbocycles. The highest BCUT2D eigenvalue weighted by molar-refractivity contribution is 5.92. The van der Waals surface area contributed by atoms with Crippen LogP contribution in [-0.4, -0.2) is 17.5 Å². The molecule has 0 unspecified atom stereocenters. The molecule has 0 saturated heterocycles. The Morgan fingerprint density at radius 3 is 2.84 bits per heavy atom. The summed E-state index contributed by atoms with van der Waals surface area (Å²) in [4.78, 5) is 11.5. The van der Waals surface area contributed by atoms with Crippen molar-refractivity contribution in [3.05, 3.63) is 53.3 Å². The van der Waals surface area contributed by atoms with Crippen molar-refractivity contribution in [2.24, 2.45) is 0 Å². The van der Waals surface area contributed by atoms with Crippen LogP contribution in [0.4, 0.5) is 0 Å². The summed E-state index contributed by atoms with van der Waals surface area (Å²) in [6.07, 6.45) is 1.84. The predicted octanol–water partition coefficient (Wildman–Crippen LogP) is 2.62. The highest BCUT2D eigenvalue weighted by atomic mass is 16.5. The molecule has 96 valence electrons. The second kappa shape index (κ2) is 5.40. The fraction of sp³-hybridized carbons (Fsp3) is 0.200. The standard InChI is InChI=1S/C15H14N2O2/c1-11(18)14-4-3-7-17(14)10-13-8-12(9-16)5-6-15(13)19-2/h3-8H,10H2,1-2H3. The molecule has 0 aliphatic rings. The van der Waals surface area contributed by atoms with E-state index in [1.807, 2.05) is 16.8 Å². The highest BCUT2D eigenvalue weighted by Gasteiger charge is 2.10. The minimum absolute atomic E-state index is 0.0143. The van der Waals surface area contributed by atoms with Gasteiger partial charge in [-0.25, -0.2) is 0 Å². The van der Waals surface area contributed by atoms with E-state index in [-0.39, 0.29) is 5.78 Å². The number of benzene rings is 1. The lowest BCUT2D eigenvalue weighted by Gasteiger charge is -2.11. The minimum atomic E-state index is 0.0143. The van der Waals surface area contributed by atoms with Gasteiger partial charge in [-0.1, -0.05) is 0 Å². The van der Waals surface area contributed by atoms with Gasteiger partial charge in [-0.15, -0.1) is 0 Å². The molecule has 0 spiro atoms. The van der Waals surface area contributed by atoms with Gasteiger partial charge < -0.3 is 9.30 Å². The first-order valence-electron chi connectivity index (χ1n) is 5.89. The van der Waals surface area contributed by atoms with E-state index in [4.69, 9.17) is 10.00 Å². The smallest absolute Gasteiger partial charge is 0.176 e. The van der Waals surface area contributed by atoms with Crippen molar-refractivity contribution < 1.29 is 9.53 Å². The summed E-state index contributed by atoms with van der Waals surface area (Å²) in [7, 11) is 1.59. The van der Waals surface area contributed by atoms with Crippen LogP contribution in [0.5, 0.6) is 5.75 Å². The first kappa shape index (κ1) is 12.9. The number of carbonyl (C=O) groups is 1. The topological polar surface area (TPSA) is 55.0 Å². The minimum Gasteiger partial charge on any atom is -0.496 e. The van der Waals surface area contributed by atoms with Crippen LogP contribution >= 0.6 is 0 Å². The summed E-state index contributed by atoms with van der Waals surface area (Å²) < 4.78 is 7.13. The summed E-state index contributed by atoms with van der Waals surface area (Å²) in [6.45, 7) is 2.04. The number of rotatable bonds is 4. The normalized spacial score (nSPS) is 9.95. The Labute approximate surface area is 111 Å². The molecule has 2 rings (SSSR count). The van der Waals surface area contributed by atoms with Gasteiger partial charge in [-0.05, 0) is 30.3 Å². The van der Waals surface area contributed by atoms with Gasteiger partial charge in [0.15, 0.2) is 5.78 Å². The van der Waals surface area contributed by atoms with Gasteiger partial charge in [0.2, 0.25) is 0 Å². The van der Waals surface area contributed by atoms with Crippen LogP contribution < -0.4 is 4.74 Å². The van der Waals surface area contributed by atoms with Gasteiger partial charge in [-0.3, -0.25) is 4.79 Å². The van der Waals surface area contributed by atoms with E-state index in [1.165, 1.54) is 6.92 Å². The number of aromatic nitrogens is 1. The molecule has 4 heteroatoms. The second-order valence-electron chi connectivity index (χ2n) is 4.22. The molecular formula is C15H14N2O2. The van der Waals surface area contributed by atoms with Crippen LogP contribution in [0.2, 0.25) is 0 Å². The quantitative estimate of drug-likeness (QED) is 0.788. The van der Waals surface area contributed by atoms with E-state index in [2.05, 4.69) is 6.07 Å². The van der Waals surface area contributed by atoms with E-state index in [0.29, 0.717) is 23.6 Å². The van der Waals surface area contributed by atoms with E-state index >= 15 is 0 Å². The Kier molecular flexibility index (Phi) is 3.67. The number of carbonyl (C=O) groups excluding carboxylic acids is 1. The van der Waals surface area contributed by atoms with Crippen molar-refractivity contribution >= 4 is 5.78 Å². The Bertz CT molecular complexity index is 650. The Morgan fingerprint density at radius 2 is 2.21 bits per heavy atom. The van der Waals surface area contributed by atoms with Crippen molar-refractivity contribution in [2.75, 3.05) is 7.11 Å². The number of nitrogens with zero attached hydrogens (tertiary/aromatic N) is 2. The Morgan fingerprint density at radius 1 is 1.42 bits per heavy atom. The Balaban J connectivity index is 2.40. The number of hydrogen-bond acceptors (Lipinski definition) is 3. The van der Waals surface area contributed by atoms with Crippen molar-refractivity contribution in [1.29, 1.82) is 5.26 Å². The Hall–Kier alpha value is -2.54. The molecule has 0 N–H and O–H groups in total. The monoisotopic (exact) mass is 254 g/mol. The maximum absolute atomic E-state index is 11.5. The average molecular weight is 254 g/mol. The molecule has 0 bridgehead atoms.